The Balaban J connectivity index is 2.18. The second-order valence-electron chi connectivity index (χ2n) is 3.69. The average molecular weight is 214 g/mol. The second-order valence-corrected chi connectivity index (χ2v) is 3.69. The van der Waals surface area contributed by atoms with Crippen molar-refractivity contribution in [2.24, 2.45) is 0 Å². The number of H-pyrrole nitrogens is 1. The highest BCUT2D eigenvalue weighted by molar-refractivity contribution is 5.87. The van der Waals surface area contributed by atoms with Gasteiger partial charge in [-0.05, 0) is 11.6 Å². The maximum atomic E-state index is 8.72. The molecule has 0 amide bonds. The molecule has 0 atom stereocenters. The van der Waals surface area contributed by atoms with Crippen molar-refractivity contribution in [3.8, 4) is 17.6 Å². The molecule has 0 unspecified atom stereocenters. The fraction of sp³-hybridized carbons (Fsp3) is 0.250. The Morgan fingerprint density at radius 3 is 2.75 bits per heavy atom. The van der Waals surface area contributed by atoms with Crippen LogP contribution in [0.3, 0.4) is 0 Å². The van der Waals surface area contributed by atoms with E-state index in [1.807, 2.05) is 18.3 Å². The van der Waals surface area contributed by atoms with E-state index in [9.17, 15) is 0 Å². The molecule has 1 aliphatic heterocycles. The number of rotatable bonds is 1. The van der Waals surface area contributed by atoms with Crippen molar-refractivity contribution in [1.82, 2.24) is 4.98 Å². The van der Waals surface area contributed by atoms with Crippen molar-refractivity contribution >= 4 is 10.9 Å². The van der Waals surface area contributed by atoms with Crippen molar-refractivity contribution in [3.05, 3.63) is 23.9 Å². The van der Waals surface area contributed by atoms with E-state index in [2.05, 4.69) is 11.1 Å². The minimum atomic E-state index is 0.402. The Hall–Kier alpha value is -2.15. The molecule has 2 aromatic rings. The van der Waals surface area contributed by atoms with E-state index in [-0.39, 0.29) is 0 Å². The lowest BCUT2D eigenvalue weighted by Crippen LogP contribution is -2.15. The molecule has 0 saturated heterocycles. The van der Waals surface area contributed by atoms with Gasteiger partial charge in [0.2, 0.25) is 0 Å². The molecule has 2 heterocycles. The molecule has 16 heavy (non-hydrogen) atoms. The summed E-state index contributed by atoms with van der Waals surface area (Å²) in [5.74, 6) is 1.53. The molecule has 4 heteroatoms. The van der Waals surface area contributed by atoms with Gasteiger partial charge in [-0.25, -0.2) is 0 Å². The number of aromatic nitrogens is 1. The SMILES string of the molecule is N#CCc1c[nH]c2cc3c(cc12)OCCO3. The van der Waals surface area contributed by atoms with Crippen LogP contribution in [0.4, 0.5) is 0 Å². The molecule has 0 aliphatic carbocycles. The Bertz CT molecular complexity index is 580. The molecule has 1 aliphatic rings. The van der Waals surface area contributed by atoms with Crippen molar-refractivity contribution < 1.29 is 9.47 Å². The maximum Gasteiger partial charge on any atom is 0.163 e. The normalized spacial score (nSPS) is 13.7. The van der Waals surface area contributed by atoms with Gasteiger partial charge >= 0.3 is 0 Å². The zero-order valence-corrected chi connectivity index (χ0v) is 8.62. The summed E-state index contributed by atoms with van der Waals surface area (Å²) in [6.07, 6.45) is 2.26. The van der Waals surface area contributed by atoms with Gasteiger partial charge in [-0.15, -0.1) is 0 Å². The number of nitrogens with zero attached hydrogens (tertiary/aromatic N) is 1. The van der Waals surface area contributed by atoms with E-state index in [0.717, 1.165) is 28.0 Å². The number of ether oxygens (including phenoxy) is 2. The van der Waals surface area contributed by atoms with E-state index in [1.165, 1.54) is 0 Å². The third-order valence-corrected chi connectivity index (χ3v) is 2.70. The highest BCUT2D eigenvalue weighted by Crippen LogP contribution is 2.35. The van der Waals surface area contributed by atoms with Gasteiger partial charge in [0.05, 0.1) is 12.5 Å². The molecular weight excluding hydrogens is 204 g/mol. The average Bonchev–Trinajstić information content (AvgIpc) is 2.70. The molecular formula is C12H10N2O2. The number of hydrogen-bond acceptors (Lipinski definition) is 3. The summed E-state index contributed by atoms with van der Waals surface area (Å²) in [6, 6.07) is 6.01. The summed E-state index contributed by atoms with van der Waals surface area (Å²) in [5, 5.41) is 9.75. The minimum absolute atomic E-state index is 0.402. The number of hydrogen-bond donors (Lipinski definition) is 1. The van der Waals surface area contributed by atoms with Crippen LogP contribution in [0.5, 0.6) is 11.5 Å². The summed E-state index contributed by atoms with van der Waals surface area (Å²) in [4.78, 5) is 3.14. The van der Waals surface area contributed by atoms with Crippen molar-refractivity contribution in [1.29, 1.82) is 5.26 Å². The third-order valence-electron chi connectivity index (χ3n) is 2.70. The standard InChI is InChI=1S/C12H10N2O2/c13-2-1-8-7-14-10-6-12-11(5-9(8)10)15-3-4-16-12/h5-7,14H,1,3-4H2. The van der Waals surface area contributed by atoms with E-state index in [0.29, 0.717) is 19.6 Å². The van der Waals surface area contributed by atoms with E-state index in [1.54, 1.807) is 0 Å². The smallest absolute Gasteiger partial charge is 0.163 e. The van der Waals surface area contributed by atoms with Crippen molar-refractivity contribution in [2.75, 3.05) is 13.2 Å². The predicted octanol–water partition coefficient (Wildman–Crippen LogP) is 2.01. The summed E-state index contributed by atoms with van der Waals surface area (Å²) in [7, 11) is 0. The fourth-order valence-electron chi connectivity index (χ4n) is 1.95. The highest BCUT2D eigenvalue weighted by Gasteiger charge is 2.14. The van der Waals surface area contributed by atoms with Crippen LogP contribution >= 0.6 is 0 Å². The number of nitrogens with one attached hydrogen (secondary N) is 1. The van der Waals surface area contributed by atoms with Crippen LogP contribution < -0.4 is 9.47 Å². The summed E-state index contributed by atoms with van der Waals surface area (Å²) in [5.41, 5.74) is 1.98. The zero-order valence-electron chi connectivity index (χ0n) is 8.62. The number of aromatic amines is 1. The zero-order chi connectivity index (χ0) is 11.0. The molecule has 0 bridgehead atoms. The van der Waals surface area contributed by atoms with E-state index < -0.39 is 0 Å². The molecule has 0 saturated carbocycles. The van der Waals surface area contributed by atoms with Crippen molar-refractivity contribution in [3.63, 3.8) is 0 Å². The van der Waals surface area contributed by atoms with Crippen LogP contribution in [0.25, 0.3) is 10.9 Å². The van der Waals surface area contributed by atoms with Gasteiger partial charge < -0.3 is 14.5 Å². The van der Waals surface area contributed by atoms with Gasteiger partial charge in [0.15, 0.2) is 11.5 Å². The lowest BCUT2D eigenvalue weighted by molar-refractivity contribution is 0.172. The van der Waals surface area contributed by atoms with Crippen LogP contribution in [-0.4, -0.2) is 18.2 Å². The van der Waals surface area contributed by atoms with E-state index >= 15 is 0 Å². The predicted molar refractivity (Wildman–Crippen MR) is 58.6 cm³/mol. The Morgan fingerprint density at radius 1 is 1.25 bits per heavy atom. The molecule has 1 aromatic heterocycles. The topological polar surface area (TPSA) is 58.0 Å². The fourth-order valence-corrected chi connectivity index (χ4v) is 1.95. The second kappa shape index (κ2) is 3.46. The van der Waals surface area contributed by atoms with Crippen LogP contribution in [0, 0.1) is 11.3 Å². The summed E-state index contributed by atoms with van der Waals surface area (Å²) >= 11 is 0. The third kappa shape index (κ3) is 1.29. The molecule has 1 aromatic carbocycles. The number of nitriles is 1. The molecule has 0 fully saturated rings. The summed E-state index contributed by atoms with van der Waals surface area (Å²) < 4.78 is 11.0. The molecule has 80 valence electrons. The quantitative estimate of drug-likeness (QED) is 0.789. The largest absolute Gasteiger partial charge is 0.486 e. The summed E-state index contributed by atoms with van der Waals surface area (Å²) in [6.45, 7) is 1.17. The maximum absolute atomic E-state index is 8.72. The van der Waals surface area contributed by atoms with Crippen LogP contribution in [0.1, 0.15) is 5.56 Å². The lowest BCUT2D eigenvalue weighted by Gasteiger charge is -2.18. The van der Waals surface area contributed by atoms with Crippen LogP contribution in [0.15, 0.2) is 18.3 Å². The minimum Gasteiger partial charge on any atom is -0.486 e. The first-order chi connectivity index (χ1) is 7.88. The monoisotopic (exact) mass is 214 g/mol. The molecule has 1 N–H and O–H groups in total. The first-order valence-corrected chi connectivity index (χ1v) is 5.15. The van der Waals surface area contributed by atoms with Gasteiger partial charge in [0, 0.05) is 23.2 Å². The molecule has 3 rings (SSSR count). The first-order valence-electron chi connectivity index (χ1n) is 5.15. The Kier molecular flexibility index (Phi) is 1.97. The van der Waals surface area contributed by atoms with Crippen LogP contribution in [0.2, 0.25) is 0 Å². The van der Waals surface area contributed by atoms with Gasteiger partial charge in [-0.1, -0.05) is 0 Å². The van der Waals surface area contributed by atoms with E-state index in [4.69, 9.17) is 14.7 Å². The van der Waals surface area contributed by atoms with Crippen molar-refractivity contribution in [2.45, 2.75) is 6.42 Å². The van der Waals surface area contributed by atoms with Gasteiger partial charge in [-0.3, -0.25) is 0 Å². The Labute approximate surface area is 92.4 Å². The number of benzene rings is 1. The molecule has 4 nitrogen and oxygen atoms in total. The van der Waals surface area contributed by atoms with Crippen LogP contribution in [-0.2, 0) is 6.42 Å². The van der Waals surface area contributed by atoms with Gasteiger partial charge in [0.1, 0.15) is 13.2 Å². The number of fused-ring (bicyclic) bond motifs is 2. The first kappa shape index (κ1) is 9.10. The highest BCUT2D eigenvalue weighted by atomic mass is 16.6. The molecule has 0 radical (unpaired) electrons. The lowest BCUT2D eigenvalue weighted by atomic mass is 10.1. The van der Waals surface area contributed by atoms with Gasteiger partial charge in [0.25, 0.3) is 0 Å². The molecule has 0 spiro atoms. The van der Waals surface area contributed by atoms with Gasteiger partial charge in [-0.2, -0.15) is 5.26 Å². The Morgan fingerprint density at radius 2 is 2.00 bits per heavy atom.